The van der Waals surface area contributed by atoms with E-state index < -0.39 is 0 Å². The standard InChI is InChI=1S/C15H13ClN2O/c1-9(2)10-3-5-11(6-4-10)14-18-13-7-12(16)8-17-15(13)19-14/h3-9H,1-2H3. The van der Waals surface area contributed by atoms with Crippen LogP contribution in [0.25, 0.3) is 22.7 Å². The predicted molar refractivity (Wildman–Crippen MR) is 76.3 cm³/mol. The molecule has 0 radical (unpaired) electrons. The van der Waals surface area contributed by atoms with Crippen LogP contribution in [0.1, 0.15) is 25.3 Å². The molecule has 0 saturated carbocycles. The van der Waals surface area contributed by atoms with Crippen molar-refractivity contribution in [3.8, 4) is 11.5 Å². The van der Waals surface area contributed by atoms with Gasteiger partial charge in [0.2, 0.25) is 11.6 Å². The Hall–Kier alpha value is -1.87. The van der Waals surface area contributed by atoms with Crippen molar-refractivity contribution in [3.05, 3.63) is 47.1 Å². The number of aromatic nitrogens is 2. The Kier molecular flexibility index (Phi) is 2.99. The molecule has 1 aromatic carbocycles. The highest BCUT2D eigenvalue weighted by atomic mass is 35.5. The zero-order valence-electron chi connectivity index (χ0n) is 10.7. The second kappa shape index (κ2) is 4.67. The molecule has 4 heteroatoms. The second-order valence-corrected chi connectivity index (χ2v) is 5.21. The smallest absolute Gasteiger partial charge is 0.247 e. The highest BCUT2D eigenvalue weighted by Gasteiger charge is 2.10. The van der Waals surface area contributed by atoms with Crippen LogP contribution in [-0.2, 0) is 0 Å². The second-order valence-electron chi connectivity index (χ2n) is 4.77. The fourth-order valence-corrected chi connectivity index (χ4v) is 2.08. The summed E-state index contributed by atoms with van der Waals surface area (Å²) in [6.45, 7) is 4.33. The van der Waals surface area contributed by atoms with E-state index in [1.54, 1.807) is 12.3 Å². The molecule has 3 nitrogen and oxygen atoms in total. The molecule has 0 aliphatic heterocycles. The molecule has 3 rings (SSSR count). The van der Waals surface area contributed by atoms with Crippen LogP contribution in [-0.4, -0.2) is 9.97 Å². The number of rotatable bonds is 2. The molecule has 2 aromatic heterocycles. The average molecular weight is 273 g/mol. The summed E-state index contributed by atoms with van der Waals surface area (Å²) in [5.41, 5.74) is 3.42. The number of pyridine rings is 1. The summed E-state index contributed by atoms with van der Waals surface area (Å²) >= 11 is 5.89. The van der Waals surface area contributed by atoms with E-state index in [2.05, 4.69) is 35.9 Å². The van der Waals surface area contributed by atoms with Gasteiger partial charge in [-0.2, -0.15) is 0 Å². The molecule has 0 amide bonds. The molecular formula is C15H13ClN2O. The van der Waals surface area contributed by atoms with Gasteiger partial charge in [0.15, 0.2) is 0 Å². The minimum atomic E-state index is 0.507. The third kappa shape index (κ3) is 2.34. The topological polar surface area (TPSA) is 38.9 Å². The minimum absolute atomic E-state index is 0.507. The van der Waals surface area contributed by atoms with E-state index in [0.717, 1.165) is 5.56 Å². The van der Waals surface area contributed by atoms with Gasteiger partial charge in [0.25, 0.3) is 0 Å². The van der Waals surface area contributed by atoms with Crippen LogP contribution in [0.4, 0.5) is 0 Å². The molecule has 0 unspecified atom stereocenters. The summed E-state index contributed by atoms with van der Waals surface area (Å²) in [6, 6.07) is 9.97. The van der Waals surface area contributed by atoms with Crippen LogP contribution in [0.15, 0.2) is 40.9 Å². The summed E-state index contributed by atoms with van der Waals surface area (Å²) in [7, 11) is 0. The molecule has 0 spiro atoms. The lowest BCUT2D eigenvalue weighted by Gasteiger charge is -2.04. The maximum atomic E-state index is 5.89. The monoisotopic (exact) mass is 272 g/mol. The van der Waals surface area contributed by atoms with Gasteiger partial charge in [-0.25, -0.2) is 9.97 Å². The van der Waals surface area contributed by atoms with Gasteiger partial charge < -0.3 is 4.42 Å². The van der Waals surface area contributed by atoms with Gasteiger partial charge in [-0.05, 0) is 29.7 Å². The Morgan fingerprint density at radius 1 is 1.16 bits per heavy atom. The molecule has 0 saturated heterocycles. The predicted octanol–water partition coefficient (Wildman–Crippen LogP) is 4.67. The van der Waals surface area contributed by atoms with Crippen molar-refractivity contribution in [2.75, 3.05) is 0 Å². The van der Waals surface area contributed by atoms with Crippen LogP contribution >= 0.6 is 11.6 Å². The normalized spacial score (nSPS) is 11.4. The van der Waals surface area contributed by atoms with Crippen molar-refractivity contribution >= 4 is 22.8 Å². The average Bonchev–Trinajstić information content (AvgIpc) is 2.81. The van der Waals surface area contributed by atoms with Crippen molar-refractivity contribution in [2.24, 2.45) is 0 Å². The number of benzene rings is 1. The van der Waals surface area contributed by atoms with Gasteiger partial charge >= 0.3 is 0 Å². The molecular weight excluding hydrogens is 260 g/mol. The molecule has 0 aliphatic carbocycles. The molecule has 2 heterocycles. The molecule has 19 heavy (non-hydrogen) atoms. The number of hydrogen-bond donors (Lipinski definition) is 0. The minimum Gasteiger partial charge on any atom is -0.418 e. The summed E-state index contributed by atoms with van der Waals surface area (Å²) in [4.78, 5) is 8.52. The lowest BCUT2D eigenvalue weighted by Crippen LogP contribution is -1.86. The molecule has 0 fully saturated rings. The largest absolute Gasteiger partial charge is 0.418 e. The number of halogens is 1. The van der Waals surface area contributed by atoms with Crippen molar-refractivity contribution in [2.45, 2.75) is 19.8 Å². The highest BCUT2D eigenvalue weighted by molar-refractivity contribution is 6.30. The Bertz CT molecular complexity index is 717. The summed E-state index contributed by atoms with van der Waals surface area (Å²) < 4.78 is 5.63. The highest BCUT2D eigenvalue weighted by Crippen LogP contribution is 2.26. The van der Waals surface area contributed by atoms with Gasteiger partial charge in [0.1, 0.15) is 5.52 Å². The van der Waals surface area contributed by atoms with Gasteiger partial charge in [-0.3, -0.25) is 0 Å². The van der Waals surface area contributed by atoms with E-state index in [4.69, 9.17) is 16.0 Å². The maximum Gasteiger partial charge on any atom is 0.247 e. The zero-order chi connectivity index (χ0) is 13.4. The Balaban J connectivity index is 2.03. The van der Waals surface area contributed by atoms with Gasteiger partial charge in [0, 0.05) is 11.8 Å². The zero-order valence-corrected chi connectivity index (χ0v) is 11.5. The Morgan fingerprint density at radius 2 is 1.89 bits per heavy atom. The SMILES string of the molecule is CC(C)c1ccc(-c2nc3cc(Cl)cnc3o2)cc1. The van der Waals surface area contributed by atoms with E-state index in [0.29, 0.717) is 28.1 Å². The number of hydrogen-bond acceptors (Lipinski definition) is 3. The molecule has 0 bridgehead atoms. The third-order valence-corrected chi connectivity index (χ3v) is 3.25. The first-order valence-electron chi connectivity index (χ1n) is 6.16. The first-order chi connectivity index (χ1) is 9.13. The third-order valence-electron chi connectivity index (χ3n) is 3.04. The van der Waals surface area contributed by atoms with Gasteiger partial charge in [-0.15, -0.1) is 0 Å². The van der Waals surface area contributed by atoms with Crippen LogP contribution in [0.2, 0.25) is 5.02 Å². The lowest BCUT2D eigenvalue weighted by atomic mass is 10.0. The first kappa shape index (κ1) is 12.2. The maximum absolute atomic E-state index is 5.89. The number of nitrogens with zero attached hydrogens (tertiary/aromatic N) is 2. The van der Waals surface area contributed by atoms with E-state index >= 15 is 0 Å². The molecule has 0 N–H and O–H groups in total. The van der Waals surface area contributed by atoms with Crippen molar-refractivity contribution in [1.82, 2.24) is 9.97 Å². The van der Waals surface area contributed by atoms with Crippen LogP contribution in [0, 0.1) is 0 Å². The molecule has 3 aromatic rings. The fourth-order valence-electron chi connectivity index (χ4n) is 1.93. The van der Waals surface area contributed by atoms with E-state index in [1.807, 2.05) is 12.1 Å². The lowest BCUT2D eigenvalue weighted by molar-refractivity contribution is 0.608. The summed E-state index contributed by atoms with van der Waals surface area (Å²) in [5, 5.41) is 0.558. The van der Waals surface area contributed by atoms with Gasteiger partial charge in [0.05, 0.1) is 5.02 Å². The molecule has 96 valence electrons. The van der Waals surface area contributed by atoms with Crippen molar-refractivity contribution < 1.29 is 4.42 Å². The summed E-state index contributed by atoms with van der Waals surface area (Å²) in [5.74, 6) is 1.08. The quantitative estimate of drug-likeness (QED) is 0.681. The summed E-state index contributed by atoms with van der Waals surface area (Å²) in [6.07, 6.45) is 1.56. The van der Waals surface area contributed by atoms with E-state index in [9.17, 15) is 0 Å². The van der Waals surface area contributed by atoms with Crippen LogP contribution in [0.3, 0.4) is 0 Å². The number of fused-ring (bicyclic) bond motifs is 1. The first-order valence-corrected chi connectivity index (χ1v) is 6.53. The van der Waals surface area contributed by atoms with Crippen LogP contribution < -0.4 is 0 Å². The number of oxazole rings is 1. The van der Waals surface area contributed by atoms with E-state index in [1.165, 1.54) is 5.56 Å². The van der Waals surface area contributed by atoms with Crippen molar-refractivity contribution in [3.63, 3.8) is 0 Å². The van der Waals surface area contributed by atoms with Crippen LogP contribution in [0.5, 0.6) is 0 Å². The fraction of sp³-hybridized carbons (Fsp3) is 0.200. The molecule has 0 aliphatic rings. The Morgan fingerprint density at radius 3 is 2.58 bits per heavy atom. The van der Waals surface area contributed by atoms with E-state index in [-0.39, 0.29) is 0 Å². The Labute approximate surface area is 116 Å². The van der Waals surface area contributed by atoms with Crippen molar-refractivity contribution in [1.29, 1.82) is 0 Å². The van der Waals surface area contributed by atoms with Gasteiger partial charge in [-0.1, -0.05) is 37.6 Å². The molecule has 0 atom stereocenters.